The second kappa shape index (κ2) is 7.11. The van der Waals surface area contributed by atoms with E-state index in [2.05, 4.69) is 0 Å². The number of hydrogen-bond acceptors (Lipinski definition) is 3. The van der Waals surface area contributed by atoms with Crippen LogP contribution < -0.4 is 5.56 Å². The highest BCUT2D eigenvalue weighted by Crippen LogP contribution is 2.29. The molecule has 6 heteroatoms. The lowest BCUT2D eigenvalue weighted by Gasteiger charge is -2.38. The van der Waals surface area contributed by atoms with Crippen LogP contribution in [0.25, 0.3) is 16.6 Å². The molecule has 0 fully saturated rings. The second-order valence-corrected chi connectivity index (χ2v) is 7.91. The van der Waals surface area contributed by atoms with Gasteiger partial charge >= 0.3 is 6.09 Å². The molecule has 0 bridgehead atoms. The molecule has 0 saturated carbocycles. The van der Waals surface area contributed by atoms with E-state index in [9.17, 15) is 14.7 Å². The summed E-state index contributed by atoms with van der Waals surface area (Å²) in [6, 6.07) is 14.1. The summed E-state index contributed by atoms with van der Waals surface area (Å²) in [4.78, 5) is 31.6. The summed E-state index contributed by atoms with van der Waals surface area (Å²) < 4.78 is 1.53. The normalized spacial score (nSPS) is 12.8. The van der Waals surface area contributed by atoms with Gasteiger partial charge in [0, 0.05) is 5.54 Å². The summed E-state index contributed by atoms with van der Waals surface area (Å²) in [5.74, 6) is 0.395. The third kappa shape index (κ3) is 3.38. The number of carbonyl (C=O) groups is 1. The average Bonchev–Trinajstić information content (AvgIpc) is 2.60. The smallest absolute Gasteiger partial charge is 0.408 e. The zero-order valence-corrected chi connectivity index (χ0v) is 16.8. The van der Waals surface area contributed by atoms with Crippen LogP contribution in [0.4, 0.5) is 4.79 Å². The molecule has 28 heavy (non-hydrogen) atoms. The van der Waals surface area contributed by atoms with Crippen LogP contribution in [-0.2, 0) is 0 Å². The van der Waals surface area contributed by atoms with Crippen molar-refractivity contribution in [2.75, 3.05) is 0 Å². The molecule has 0 aliphatic carbocycles. The van der Waals surface area contributed by atoms with Gasteiger partial charge in [0.25, 0.3) is 5.56 Å². The topological polar surface area (TPSA) is 75.4 Å². The van der Waals surface area contributed by atoms with Gasteiger partial charge in [0.15, 0.2) is 0 Å². The van der Waals surface area contributed by atoms with Crippen LogP contribution in [-0.4, -0.2) is 31.2 Å². The third-order valence-electron chi connectivity index (χ3n) is 4.84. The van der Waals surface area contributed by atoms with Crippen molar-refractivity contribution < 1.29 is 9.90 Å². The molecule has 1 heterocycles. The maximum absolute atomic E-state index is 13.5. The van der Waals surface area contributed by atoms with Gasteiger partial charge in [-0.15, -0.1) is 0 Å². The first kappa shape index (κ1) is 19.6. The molecule has 0 saturated heterocycles. The molecule has 0 radical (unpaired) electrons. The minimum atomic E-state index is -1.06. The van der Waals surface area contributed by atoms with E-state index in [1.165, 1.54) is 9.47 Å². The fraction of sp³-hybridized carbons (Fsp3) is 0.318. The Bertz CT molecular complexity index is 1080. The Balaban J connectivity index is 2.39. The van der Waals surface area contributed by atoms with Gasteiger partial charge in [-0.3, -0.25) is 14.3 Å². The van der Waals surface area contributed by atoms with Gasteiger partial charge in [-0.25, -0.2) is 9.78 Å². The molecule has 0 unspecified atom stereocenters. The molecule has 2 aromatic carbocycles. The van der Waals surface area contributed by atoms with Crippen LogP contribution in [0.5, 0.6) is 0 Å². The first-order valence-electron chi connectivity index (χ1n) is 9.23. The largest absolute Gasteiger partial charge is 0.465 e. The van der Waals surface area contributed by atoms with Gasteiger partial charge in [-0.1, -0.05) is 30.3 Å². The van der Waals surface area contributed by atoms with E-state index >= 15 is 0 Å². The molecule has 1 N–H and O–H groups in total. The first-order valence-corrected chi connectivity index (χ1v) is 9.23. The lowest BCUT2D eigenvalue weighted by molar-refractivity contribution is 0.0719. The Labute approximate surface area is 164 Å². The molecule has 1 atom stereocenters. The molecule has 1 aromatic heterocycles. The van der Waals surface area contributed by atoms with E-state index in [0.29, 0.717) is 22.4 Å². The van der Waals surface area contributed by atoms with Crippen molar-refractivity contribution in [1.29, 1.82) is 0 Å². The quantitative estimate of drug-likeness (QED) is 0.725. The predicted octanol–water partition coefficient (Wildman–Crippen LogP) is 4.53. The highest BCUT2D eigenvalue weighted by Gasteiger charge is 2.34. The number of aryl methyl sites for hydroxylation is 1. The molecule has 6 nitrogen and oxygen atoms in total. The molecule has 146 valence electrons. The summed E-state index contributed by atoms with van der Waals surface area (Å²) in [5, 5.41) is 10.4. The predicted molar refractivity (Wildman–Crippen MR) is 110 cm³/mol. The molecular formula is C22H25N3O3. The van der Waals surface area contributed by atoms with E-state index in [4.69, 9.17) is 4.98 Å². The summed E-state index contributed by atoms with van der Waals surface area (Å²) in [5.41, 5.74) is 1.20. The van der Waals surface area contributed by atoms with Crippen LogP contribution in [0.2, 0.25) is 0 Å². The standard InChI is InChI=1S/C22H25N3O3/c1-14-10-9-13-17-18(14)20(26)24(16-11-7-6-8-12-16)19(23-17)15(2)25(21(27)28)22(3,4)5/h6-13,15H,1-5H3,(H,27,28)/t15-/m0/s1. The zero-order chi connectivity index (χ0) is 20.6. The lowest BCUT2D eigenvalue weighted by atomic mass is 10.0. The first-order chi connectivity index (χ1) is 13.1. The zero-order valence-electron chi connectivity index (χ0n) is 16.8. The monoisotopic (exact) mass is 379 g/mol. The number of fused-ring (bicyclic) bond motifs is 1. The number of nitrogens with zero attached hydrogens (tertiary/aromatic N) is 3. The Morgan fingerprint density at radius 3 is 2.32 bits per heavy atom. The van der Waals surface area contributed by atoms with Crippen molar-refractivity contribution in [1.82, 2.24) is 14.5 Å². The molecule has 3 aromatic rings. The van der Waals surface area contributed by atoms with E-state index in [1.807, 2.05) is 70.2 Å². The number of para-hydroxylation sites is 1. The van der Waals surface area contributed by atoms with Crippen LogP contribution in [0.15, 0.2) is 53.3 Å². The van der Waals surface area contributed by atoms with Crippen molar-refractivity contribution in [2.45, 2.75) is 46.2 Å². The van der Waals surface area contributed by atoms with Crippen LogP contribution in [0, 0.1) is 6.92 Å². The van der Waals surface area contributed by atoms with E-state index in [1.54, 1.807) is 13.0 Å². The maximum Gasteiger partial charge on any atom is 0.408 e. The SMILES string of the molecule is Cc1cccc2nc([C@H](C)N(C(=O)O)C(C)(C)C)n(-c3ccccc3)c(=O)c12. The van der Waals surface area contributed by atoms with Crippen LogP contribution >= 0.6 is 0 Å². The number of rotatable bonds is 3. The van der Waals surface area contributed by atoms with Crippen molar-refractivity contribution in [2.24, 2.45) is 0 Å². The fourth-order valence-electron chi connectivity index (χ4n) is 3.67. The molecule has 0 aliphatic heterocycles. The summed E-state index contributed by atoms with van der Waals surface area (Å²) >= 11 is 0. The molecule has 1 amide bonds. The van der Waals surface area contributed by atoms with E-state index in [0.717, 1.165) is 5.56 Å². The maximum atomic E-state index is 13.5. The number of benzene rings is 2. The van der Waals surface area contributed by atoms with Crippen molar-refractivity contribution in [3.05, 3.63) is 70.3 Å². The van der Waals surface area contributed by atoms with E-state index in [-0.39, 0.29) is 5.56 Å². The van der Waals surface area contributed by atoms with Gasteiger partial charge in [-0.05, 0) is 58.4 Å². The number of amides is 1. The van der Waals surface area contributed by atoms with Gasteiger partial charge in [0.05, 0.1) is 22.6 Å². The summed E-state index contributed by atoms with van der Waals surface area (Å²) in [6.45, 7) is 9.13. The number of hydrogen-bond donors (Lipinski definition) is 1. The summed E-state index contributed by atoms with van der Waals surface area (Å²) in [6.07, 6.45) is -1.06. The minimum absolute atomic E-state index is 0.199. The highest BCUT2D eigenvalue weighted by atomic mass is 16.4. The van der Waals surface area contributed by atoms with Crippen molar-refractivity contribution in [3.63, 3.8) is 0 Å². The lowest BCUT2D eigenvalue weighted by Crippen LogP contribution is -2.47. The summed E-state index contributed by atoms with van der Waals surface area (Å²) in [7, 11) is 0. The van der Waals surface area contributed by atoms with Gasteiger partial charge in [-0.2, -0.15) is 0 Å². The van der Waals surface area contributed by atoms with Crippen LogP contribution in [0.1, 0.15) is 45.1 Å². The van der Waals surface area contributed by atoms with Gasteiger partial charge < -0.3 is 5.11 Å². The minimum Gasteiger partial charge on any atom is -0.465 e. The van der Waals surface area contributed by atoms with Crippen molar-refractivity contribution >= 4 is 17.0 Å². The Morgan fingerprint density at radius 1 is 1.11 bits per heavy atom. The molecular weight excluding hydrogens is 354 g/mol. The van der Waals surface area contributed by atoms with Crippen LogP contribution in [0.3, 0.4) is 0 Å². The molecule has 0 spiro atoms. The van der Waals surface area contributed by atoms with Crippen molar-refractivity contribution in [3.8, 4) is 5.69 Å². The molecule has 3 rings (SSSR count). The average molecular weight is 379 g/mol. The Kier molecular flexibility index (Phi) is 4.98. The molecule has 0 aliphatic rings. The Hall–Kier alpha value is -3.15. The van der Waals surface area contributed by atoms with Gasteiger partial charge in [0.2, 0.25) is 0 Å². The Morgan fingerprint density at radius 2 is 1.75 bits per heavy atom. The second-order valence-electron chi connectivity index (χ2n) is 7.91. The third-order valence-corrected chi connectivity index (χ3v) is 4.84. The highest BCUT2D eigenvalue weighted by molar-refractivity contribution is 5.81. The number of carboxylic acid groups (broad SMARTS) is 1. The fourth-order valence-corrected chi connectivity index (χ4v) is 3.67. The van der Waals surface area contributed by atoms with Gasteiger partial charge in [0.1, 0.15) is 5.82 Å². The number of aromatic nitrogens is 2. The van der Waals surface area contributed by atoms with E-state index < -0.39 is 17.7 Å².